The SMILES string of the molecule is CC(C)=CCCC(C)=CCOc1c(OCC=C(C)CCC=C(C)C)c2ccc(OC(C)(C)C)cc2oc1=O. The Labute approximate surface area is 228 Å². The summed E-state index contributed by atoms with van der Waals surface area (Å²) in [6.45, 7) is 19.1. The highest BCUT2D eigenvalue weighted by atomic mass is 16.5. The van der Waals surface area contributed by atoms with Crippen LogP contribution in [0.25, 0.3) is 11.0 Å². The molecule has 0 bridgehead atoms. The van der Waals surface area contributed by atoms with Crippen molar-refractivity contribution in [3.05, 3.63) is 75.2 Å². The fourth-order valence-electron chi connectivity index (χ4n) is 3.74. The number of hydrogen-bond donors (Lipinski definition) is 0. The van der Waals surface area contributed by atoms with Crippen LogP contribution < -0.4 is 19.8 Å². The van der Waals surface area contributed by atoms with E-state index in [0.717, 1.165) is 25.7 Å². The molecule has 208 valence electrons. The first kappa shape index (κ1) is 31.0. The molecular formula is C33H46O5. The third-order valence-electron chi connectivity index (χ3n) is 5.72. The molecule has 1 aromatic carbocycles. The van der Waals surface area contributed by atoms with E-state index in [2.05, 4.69) is 53.7 Å². The first-order valence-electron chi connectivity index (χ1n) is 13.5. The standard InChI is InChI=1S/C33H46O5/c1-23(2)12-10-14-25(5)18-20-35-30-28-17-16-27(38-33(7,8)9)22-29(28)37-32(34)31(30)36-21-19-26(6)15-11-13-24(3)4/h12-13,16-19,22H,10-11,14-15,20-21H2,1-9H3. The largest absolute Gasteiger partial charge is 0.488 e. The molecule has 0 unspecified atom stereocenters. The molecule has 0 saturated carbocycles. The maximum Gasteiger partial charge on any atom is 0.383 e. The highest BCUT2D eigenvalue weighted by Crippen LogP contribution is 2.35. The van der Waals surface area contributed by atoms with E-state index in [-0.39, 0.29) is 18.0 Å². The Hall–Kier alpha value is -3.21. The Morgan fingerprint density at radius 1 is 0.789 bits per heavy atom. The van der Waals surface area contributed by atoms with Crippen molar-refractivity contribution >= 4 is 11.0 Å². The molecule has 0 fully saturated rings. The molecule has 0 amide bonds. The molecule has 0 saturated heterocycles. The van der Waals surface area contributed by atoms with Gasteiger partial charge in [0.1, 0.15) is 30.1 Å². The van der Waals surface area contributed by atoms with Crippen molar-refractivity contribution in [3.8, 4) is 17.2 Å². The summed E-state index contributed by atoms with van der Waals surface area (Å²) >= 11 is 0. The second kappa shape index (κ2) is 14.7. The third-order valence-corrected chi connectivity index (χ3v) is 5.72. The minimum absolute atomic E-state index is 0.0888. The van der Waals surface area contributed by atoms with Crippen LogP contribution in [0.5, 0.6) is 17.2 Å². The maximum absolute atomic E-state index is 13.0. The van der Waals surface area contributed by atoms with E-state index in [9.17, 15) is 4.79 Å². The topological polar surface area (TPSA) is 57.9 Å². The van der Waals surface area contributed by atoms with Crippen LogP contribution >= 0.6 is 0 Å². The minimum atomic E-state index is -0.569. The molecule has 5 heteroatoms. The average Bonchev–Trinajstić information content (AvgIpc) is 2.78. The lowest BCUT2D eigenvalue weighted by Gasteiger charge is -2.21. The lowest BCUT2D eigenvalue weighted by atomic mass is 10.1. The van der Waals surface area contributed by atoms with Gasteiger partial charge in [-0.2, -0.15) is 0 Å². The van der Waals surface area contributed by atoms with Crippen LogP contribution in [0, 0.1) is 0 Å². The van der Waals surface area contributed by atoms with Gasteiger partial charge in [-0.3, -0.25) is 0 Å². The summed E-state index contributed by atoms with van der Waals surface area (Å²) in [6, 6.07) is 5.44. The maximum atomic E-state index is 13.0. The molecule has 5 nitrogen and oxygen atoms in total. The zero-order valence-electron chi connectivity index (χ0n) is 24.8. The summed E-state index contributed by atoms with van der Waals surface area (Å²) in [7, 11) is 0. The summed E-state index contributed by atoms with van der Waals surface area (Å²) in [5.74, 6) is 1.10. The second-order valence-corrected chi connectivity index (χ2v) is 11.3. The van der Waals surface area contributed by atoms with Crippen molar-refractivity contribution in [1.82, 2.24) is 0 Å². The summed E-state index contributed by atoms with van der Waals surface area (Å²) in [6.07, 6.45) is 12.4. The van der Waals surface area contributed by atoms with E-state index in [1.165, 1.54) is 22.3 Å². The van der Waals surface area contributed by atoms with E-state index < -0.39 is 5.63 Å². The van der Waals surface area contributed by atoms with Crippen LogP contribution in [0.4, 0.5) is 0 Å². The molecule has 0 atom stereocenters. The first-order valence-corrected chi connectivity index (χ1v) is 13.5. The second-order valence-electron chi connectivity index (χ2n) is 11.3. The van der Waals surface area contributed by atoms with Gasteiger partial charge in [0.25, 0.3) is 0 Å². The van der Waals surface area contributed by atoms with Crippen molar-refractivity contribution in [2.45, 2.75) is 93.6 Å². The summed E-state index contributed by atoms with van der Waals surface area (Å²) in [5, 5.41) is 0.667. The van der Waals surface area contributed by atoms with Crippen LogP contribution in [0.2, 0.25) is 0 Å². The van der Waals surface area contributed by atoms with Gasteiger partial charge in [0, 0.05) is 6.07 Å². The minimum Gasteiger partial charge on any atom is -0.488 e. The molecule has 0 radical (unpaired) electrons. The van der Waals surface area contributed by atoms with Gasteiger partial charge in [-0.05, 0) is 112 Å². The molecule has 2 aromatic rings. The van der Waals surface area contributed by atoms with Gasteiger partial charge >= 0.3 is 5.63 Å². The third kappa shape index (κ3) is 11.0. The highest BCUT2D eigenvalue weighted by Gasteiger charge is 2.19. The molecule has 2 rings (SSSR count). The molecule has 1 aromatic heterocycles. The molecule has 0 N–H and O–H groups in total. The fraction of sp³-hybridized carbons (Fsp3) is 0.485. The smallest absolute Gasteiger partial charge is 0.383 e. The number of benzene rings is 1. The molecule has 1 heterocycles. The molecular weight excluding hydrogens is 476 g/mol. The van der Waals surface area contributed by atoms with Crippen LogP contribution in [0.3, 0.4) is 0 Å². The number of allylic oxidation sites excluding steroid dienone is 6. The predicted molar refractivity (Wildman–Crippen MR) is 159 cm³/mol. The van der Waals surface area contributed by atoms with E-state index in [4.69, 9.17) is 18.6 Å². The lowest BCUT2D eigenvalue weighted by molar-refractivity contribution is 0.131. The molecule has 0 aliphatic heterocycles. The summed E-state index contributed by atoms with van der Waals surface area (Å²) in [4.78, 5) is 13.0. The van der Waals surface area contributed by atoms with E-state index in [1.807, 2.05) is 45.1 Å². The van der Waals surface area contributed by atoms with Crippen molar-refractivity contribution in [1.29, 1.82) is 0 Å². The van der Waals surface area contributed by atoms with Crippen LogP contribution in [0.1, 0.15) is 88.0 Å². The molecule has 38 heavy (non-hydrogen) atoms. The quantitative estimate of drug-likeness (QED) is 0.194. The van der Waals surface area contributed by atoms with Gasteiger partial charge in [0.15, 0.2) is 5.75 Å². The van der Waals surface area contributed by atoms with Gasteiger partial charge in [-0.25, -0.2) is 4.79 Å². The fourth-order valence-corrected chi connectivity index (χ4v) is 3.74. The number of ether oxygens (including phenoxy) is 3. The molecule has 0 aliphatic rings. The van der Waals surface area contributed by atoms with Crippen LogP contribution in [0.15, 0.2) is 74.0 Å². The Morgan fingerprint density at radius 3 is 1.82 bits per heavy atom. The number of fused-ring (bicyclic) bond motifs is 1. The normalized spacial score (nSPS) is 12.3. The van der Waals surface area contributed by atoms with Crippen LogP contribution in [-0.4, -0.2) is 18.8 Å². The van der Waals surface area contributed by atoms with Gasteiger partial charge < -0.3 is 18.6 Å². The Bertz CT molecular complexity index is 1240. The monoisotopic (exact) mass is 522 g/mol. The van der Waals surface area contributed by atoms with Crippen LogP contribution in [-0.2, 0) is 0 Å². The van der Waals surface area contributed by atoms with E-state index >= 15 is 0 Å². The predicted octanol–water partition coefficient (Wildman–Crippen LogP) is 9.11. The Morgan fingerprint density at radius 2 is 1.32 bits per heavy atom. The van der Waals surface area contributed by atoms with E-state index in [0.29, 0.717) is 29.1 Å². The van der Waals surface area contributed by atoms with Crippen molar-refractivity contribution < 1.29 is 18.6 Å². The lowest BCUT2D eigenvalue weighted by Crippen LogP contribution is -2.22. The van der Waals surface area contributed by atoms with Gasteiger partial charge in [-0.1, -0.05) is 34.4 Å². The zero-order chi connectivity index (χ0) is 28.3. The molecule has 0 spiro atoms. The highest BCUT2D eigenvalue weighted by molar-refractivity contribution is 5.86. The van der Waals surface area contributed by atoms with Gasteiger partial charge in [0.05, 0.1) is 5.39 Å². The van der Waals surface area contributed by atoms with Crippen molar-refractivity contribution in [3.63, 3.8) is 0 Å². The van der Waals surface area contributed by atoms with Crippen molar-refractivity contribution in [2.75, 3.05) is 13.2 Å². The molecule has 0 aliphatic carbocycles. The van der Waals surface area contributed by atoms with Gasteiger partial charge in [-0.15, -0.1) is 0 Å². The summed E-state index contributed by atoms with van der Waals surface area (Å²) < 4.78 is 23.7. The van der Waals surface area contributed by atoms with Crippen molar-refractivity contribution in [2.24, 2.45) is 0 Å². The zero-order valence-corrected chi connectivity index (χ0v) is 24.8. The number of rotatable bonds is 13. The number of hydrogen-bond acceptors (Lipinski definition) is 5. The Balaban J connectivity index is 2.32. The van der Waals surface area contributed by atoms with E-state index in [1.54, 1.807) is 6.07 Å². The van der Waals surface area contributed by atoms with Gasteiger partial charge in [0.2, 0.25) is 5.75 Å². The average molecular weight is 523 g/mol. The Kier molecular flexibility index (Phi) is 12.0. The summed E-state index contributed by atoms with van der Waals surface area (Å²) in [5.41, 5.74) is 4.51. The first-order chi connectivity index (χ1) is 17.9.